The van der Waals surface area contributed by atoms with Gasteiger partial charge in [-0.05, 0) is 25.0 Å². The molecule has 4 rings (SSSR count). The first-order valence-corrected chi connectivity index (χ1v) is 11.0. The van der Waals surface area contributed by atoms with E-state index in [2.05, 4.69) is 25.8 Å². The summed E-state index contributed by atoms with van der Waals surface area (Å²) in [6.07, 6.45) is 5.13. The molecule has 2 amide bonds. The van der Waals surface area contributed by atoms with Gasteiger partial charge in [0, 0.05) is 43.9 Å². The number of nitrogens with one attached hydrogen (secondary N) is 3. The number of carbonyl (C=O) groups is 1. The molecular formula is C17H23N7O3S. The second-order valence-corrected chi connectivity index (χ2v) is 9.10. The molecule has 28 heavy (non-hydrogen) atoms. The molecule has 2 aliphatic rings. The van der Waals surface area contributed by atoms with Crippen LogP contribution in [-0.4, -0.2) is 66.4 Å². The zero-order chi connectivity index (χ0) is 19.7. The Hall–Kier alpha value is -2.66. The third kappa shape index (κ3) is 4.42. The van der Waals surface area contributed by atoms with Gasteiger partial charge in [-0.2, -0.15) is 9.40 Å². The Balaban J connectivity index is 1.30. The van der Waals surface area contributed by atoms with E-state index < -0.39 is 10.0 Å². The van der Waals surface area contributed by atoms with Crippen molar-refractivity contribution in [3.8, 4) is 0 Å². The fourth-order valence-electron chi connectivity index (χ4n) is 3.18. The molecule has 150 valence electrons. The second kappa shape index (κ2) is 7.40. The Morgan fingerprint density at radius 1 is 1.18 bits per heavy atom. The summed E-state index contributed by atoms with van der Waals surface area (Å²) in [5.74, 6) is 1.79. The first-order valence-electron chi connectivity index (χ1n) is 9.18. The van der Waals surface area contributed by atoms with E-state index in [-0.39, 0.29) is 6.03 Å². The summed E-state index contributed by atoms with van der Waals surface area (Å²) in [5.41, 5.74) is 1.62. The smallest absolute Gasteiger partial charge is 0.324 e. The van der Waals surface area contributed by atoms with Gasteiger partial charge in [-0.15, -0.1) is 0 Å². The summed E-state index contributed by atoms with van der Waals surface area (Å²) < 4.78 is 24.6. The van der Waals surface area contributed by atoms with Crippen molar-refractivity contribution in [2.24, 2.45) is 0 Å². The standard InChI is InChI=1S/C17H23N7O3S/c1-28(26,27)24-8-6-23(7-9-24)16-5-4-13(11-18-16)19-17(25)20-15-10-14(21-22-15)12-2-3-12/h4-5,10-12H,2-3,6-9H2,1H3,(H3,19,20,21,22,25). The molecule has 3 N–H and O–H groups in total. The van der Waals surface area contributed by atoms with Gasteiger partial charge in [0.15, 0.2) is 5.82 Å². The molecule has 1 saturated carbocycles. The predicted octanol–water partition coefficient (Wildman–Crippen LogP) is 1.41. The normalized spacial score (nSPS) is 18.1. The third-order valence-corrected chi connectivity index (χ3v) is 6.20. The molecule has 3 heterocycles. The van der Waals surface area contributed by atoms with Gasteiger partial charge in [0.2, 0.25) is 10.0 Å². The highest BCUT2D eigenvalue weighted by atomic mass is 32.2. The Morgan fingerprint density at radius 2 is 1.93 bits per heavy atom. The molecule has 0 unspecified atom stereocenters. The lowest BCUT2D eigenvalue weighted by atomic mass is 10.3. The highest BCUT2D eigenvalue weighted by Gasteiger charge is 2.26. The van der Waals surface area contributed by atoms with Crippen molar-refractivity contribution in [1.29, 1.82) is 0 Å². The van der Waals surface area contributed by atoms with E-state index in [1.807, 2.05) is 17.0 Å². The number of hydrogen-bond donors (Lipinski definition) is 3. The van der Waals surface area contributed by atoms with Crippen LogP contribution in [-0.2, 0) is 10.0 Å². The number of hydrogen-bond acceptors (Lipinski definition) is 6. The molecule has 0 radical (unpaired) electrons. The molecule has 10 nitrogen and oxygen atoms in total. The zero-order valence-corrected chi connectivity index (χ0v) is 16.4. The Morgan fingerprint density at radius 3 is 2.54 bits per heavy atom. The van der Waals surface area contributed by atoms with Gasteiger partial charge < -0.3 is 10.2 Å². The minimum atomic E-state index is -3.15. The Bertz CT molecular complexity index is 945. The van der Waals surface area contributed by atoms with Gasteiger partial charge in [-0.3, -0.25) is 10.4 Å². The molecule has 1 saturated heterocycles. The number of piperazine rings is 1. The molecule has 0 spiro atoms. The van der Waals surface area contributed by atoms with Gasteiger partial charge in [0.1, 0.15) is 5.82 Å². The van der Waals surface area contributed by atoms with E-state index in [1.54, 1.807) is 12.3 Å². The number of nitrogens with zero attached hydrogens (tertiary/aromatic N) is 4. The topological polar surface area (TPSA) is 123 Å². The summed E-state index contributed by atoms with van der Waals surface area (Å²) in [5, 5.41) is 12.5. The minimum absolute atomic E-state index is 0.384. The molecule has 11 heteroatoms. The summed E-state index contributed by atoms with van der Waals surface area (Å²) in [4.78, 5) is 18.5. The molecule has 2 fully saturated rings. The van der Waals surface area contributed by atoms with Crippen LogP contribution < -0.4 is 15.5 Å². The summed E-state index contributed by atoms with van der Waals surface area (Å²) in [7, 11) is -3.15. The molecule has 2 aromatic rings. The largest absolute Gasteiger partial charge is 0.354 e. The van der Waals surface area contributed by atoms with Crippen LogP contribution in [0.3, 0.4) is 0 Å². The average Bonchev–Trinajstić information content (AvgIpc) is 3.41. The number of sulfonamides is 1. The lowest BCUT2D eigenvalue weighted by molar-refractivity contribution is 0.262. The maximum absolute atomic E-state index is 12.1. The highest BCUT2D eigenvalue weighted by molar-refractivity contribution is 7.88. The molecule has 2 aromatic heterocycles. The minimum Gasteiger partial charge on any atom is -0.354 e. The van der Waals surface area contributed by atoms with E-state index in [1.165, 1.54) is 10.6 Å². The van der Waals surface area contributed by atoms with E-state index in [0.717, 1.165) is 24.4 Å². The van der Waals surface area contributed by atoms with Crippen LogP contribution in [0.2, 0.25) is 0 Å². The molecule has 0 atom stereocenters. The van der Waals surface area contributed by atoms with Gasteiger partial charge in [-0.1, -0.05) is 0 Å². The van der Waals surface area contributed by atoms with Crippen LogP contribution in [0.15, 0.2) is 24.4 Å². The highest BCUT2D eigenvalue weighted by Crippen LogP contribution is 2.39. The number of aromatic nitrogens is 3. The van der Waals surface area contributed by atoms with Gasteiger partial charge in [0.25, 0.3) is 0 Å². The second-order valence-electron chi connectivity index (χ2n) is 7.12. The number of aromatic amines is 1. The quantitative estimate of drug-likeness (QED) is 0.691. The first-order chi connectivity index (χ1) is 13.4. The van der Waals surface area contributed by atoms with Crippen molar-refractivity contribution in [1.82, 2.24) is 19.5 Å². The number of amides is 2. The monoisotopic (exact) mass is 405 g/mol. The van der Waals surface area contributed by atoms with Crippen LogP contribution >= 0.6 is 0 Å². The number of anilines is 3. The maximum atomic E-state index is 12.1. The lowest BCUT2D eigenvalue weighted by Crippen LogP contribution is -2.48. The molecular weight excluding hydrogens is 382 g/mol. The van der Waals surface area contributed by atoms with Crippen molar-refractivity contribution in [2.75, 3.05) is 48.0 Å². The average molecular weight is 405 g/mol. The van der Waals surface area contributed by atoms with Crippen LogP contribution in [0.25, 0.3) is 0 Å². The molecule has 1 aliphatic heterocycles. The maximum Gasteiger partial charge on any atom is 0.324 e. The fourth-order valence-corrected chi connectivity index (χ4v) is 4.01. The van der Waals surface area contributed by atoms with Gasteiger partial charge in [-0.25, -0.2) is 18.2 Å². The lowest BCUT2D eigenvalue weighted by Gasteiger charge is -2.33. The van der Waals surface area contributed by atoms with Crippen LogP contribution in [0.5, 0.6) is 0 Å². The number of carbonyl (C=O) groups excluding carboxylic acids is 1. The summed E-state index contributed by atoms with van der Waals surface area (Å²) in [6.45, 7) is 2.04. The zero-order valence-electron chi connectivity index (χ0n) is 15.6. The van der Waals surface area contributed by atoms with E-state index in [4.69, 9.17) is 0 Å². The SMILES string of the molecule is CS(=O)(=O)N1CCN(c2ccc(NC(=O)Nc3cc(C4CC4)[nH]n3)cn2)CC1. The number of rotatable bonds is 5. The first kappa shape index (κ1) is 18.7. The molecule has 0 aromatic carbocycles. The predicted molar refractivity (Wildman–Crippen MR) is 106 cm³/mol. The summed E-state index contributed by atoms with van der Waals surface area (Å²) in [6, 6.07) is 5.05. The number of urea groups is 1. The number of H-pyrrole nitrogens is 1. The van der Waals surface area contributed by atoms with Crippen molar-refractivity contribution in [2.45, 2.75) is 18.8 Å². The molecule has 1 aliphatic carbocycles. The third-order valence-electron chi connectivity index (χ3n) is 4.89. The van der Waals surface area contributed by atoms with E-state index in [0.29, 0.717) is 43.6 Å². The van der Waals surface area contributed by atoms with Crippen molar-refractivity contribution in [3.63, 3.8) is 0 Å². The Labute approximate surface area is 163 Å². The number of pyridine rings is 1. The van der Waals surface area contributed by atoms with E-state index in [9.17, 15) is 13.2 Å². The summed E-state index contributed by atoms with van der Waals surface area (Å²) >= 11 is 0. The van der Waals surface area contributed by atoms with Gasteiger partial charge >= 0.3 is 6.03 Å². The van der Waals surface area contributed by atoms with Gasteiger partial charge in [0.05, 0.1) is 18.1 Å². The molecule has 0 bridgehead atoms. The Kier molecular flexibility index (Phi) is 4.94. The van der Waals surface area contributed by atoms with Crippen LogP contribution in [0.1, 0.15) is 24.5 Å². The van der Waals surface area contributed by atoms with Crippen LogP contribution in [0, 0.1) is 0 Å². The van der Waals surface area contributed by atoms with Crippen molar-refractivity contribution in [3.05, 3.63) is 30.1 Å². The van der Waals surface area contributed by atoms with Crippen molar-refractivity contribution >= 4 is 33.4 Å². The van der Waals surface area contributed by atoms with Crippen LogP contribution in [0.4, 0.5) is 22.1 Å². The van der Waals surface area contributed by atoms with E-state index >= 15 is 0 Å². The fraction of sp³-hybridized carbons (Fsp3) is 0.471. The van der Waals surface area contributed by atoms with Crippen molar-refractivity contribution < 1.29 is 13.2 Å².